The third-order valence-electron chi connectivity index (χ3n) is 2.77. The van der Waals surface area contributed by atoms with Crippen LogP contribution in [-0.4, -0.2) is 30.8 Å². The zero-order chi connectivity index (χ0) is 14.8. The van der Waals surface area contributed by atoms with Gasteiger partial charge in [0.05, 0.1) is 0 Å². The van der Waals surface area contributed by atoms with E-state index in [1.807, 2.05) is 0 Å². The van der Waals surface area contributed by atoms with Crippen molar-refractivity contribution in [1.29, 1.82) is 0 Å². The van der Waals surface area contributed by atoms with Crippen molar-refractivity contribution in [3.05, 3.63) is 73.3 Å². The van der Waals surface area contributed by atoms with Crippen molar-refractivity contribution in [2.24, 2.45) is 0 Å². The van der Waals surface area contributed by atoms with Crippen molar-refractivity contribution in [2.75, 3.05) is 0 Å². The maximum atomic E-state index is 9.25. The molecule has 0 saturated carbocycles. The summed E-state index contributed by atoms with van der Waals surface area (Å²) in [5, 5.41) is 7.60. The molecule has 0 aliphatic rings. The van der Waals surface area contributed by atoms with Gasteiger partial charge in [-0.2, -0.15) is 0 Å². The van der Waals surface area contributed by atoms with Crippen LogP contribution in [0.15, 0.2) is 73.3 Å². The maximum absolute atomic E-state index is 9.25. The minimum atomic E-state index is -1.54. The molecule has 2 nitrogen and oxygen atoms in total. The van der Waals surface area contributed by atoms with Gasteiger partial charge in [-0.15, -0.1) is 0 Å². The second kappa shape index (κ2) is 9.37. The van der Waals surface area contributed by atoms with Gasteiger partial charge in [0.2, 0.25) is 0 Å². The molecule has 0 heterocycles. The summed E-state index contributed by atoms with van der Waals surface area (Å²) in [4.78, 5) is 9.25. The van der Waals surface area contributed by atoms with Crippen LogP contribution >= 0.6 is 0 Å². The number of aliphatic carboxylic acids is 1. The molecule has 0 aliphatic heterocycles. The van der Waals surface area contributed by atoms with Crippen LogP contribution in [0, 0.1) is 0 Å². The van der Waals surface area contributed by atoms with Crippen molar-refractivity contribution >= 4 is 32.9 Å². The van der Waals surface area contributed by atoms with E-state index in [2.05, 4.69) is 74.2 Å². The first-order valence-corrected chi connectivity index (χ1v) is 11.4. The fourth-order valence-electron chi connectivity index (χ4n) is 1.85. The molecule has 0 amide bonds. The second-order valence-electron chi connectivity index (χ2n) is 4.11. The first kappa shape index (κ1) is 16.5. The van der Waals surface area contributed by atoms with E-state index in [0.717, 1.165) is 6.08 Å². The summed E-state index contributed by atoms with van der Waals surface area (Å²) in [7, 11) is 0. The molecule has 0 unspecified atom stereocenters. The van der Waals surface area contributed by atoms with Gasteiger partial charge in [0, 0.05) is 6.08 Å². The van der Waals surface area contributed by atoms with Crippen LogP contribution in [0.5, 0.6) is 0 Å². The molecule has 0 saturated heterocycles. The first-order chi connectivity index (χ1) is 9.69. The minimum absolute atomic E-state index is 0.833. The molecular weight excluding hydrogens is 355 g/mol. The zero-order valence-electron chi connectivity index (χ0n) is 11.6. The van der Waals surface area contributed by atoms with Crippen LogP contribution in [0.3, 0.4) is 0 Å². The van der Waals surface area contributed by atoms with Crippen LogP contribution in [0.25, 0.3) is 0 Å². The van der Waals surface area contributed by atoms with Crippen molar-refractivity contribution in [1.82, 2.24) is 0 Å². The topological polar surface area (TPSA) is 37.3 Å². The monoisotopic (exact) mass is 375 g/mol. The van der Waals surface area contributed by atoms with Gasteiger partial charge in [-0.1, -0.05) is 6.58 Å². The summed E-state index contributed by atoms with van der Waals surface area (Å²) in [5.41, 5.74) is 0. The van der Waals surface area contributed by atoms with E-state index >= 15 is 0 Å². The summed E-state index contributed by atoms with van der Waals surface area (Å²) < 4.78 is 4.55. The number of carboxylic acid groups (broad SMARTS) is 1. The van der Waals surface area contributed by atoms with E-state index in [9.17, 15) is 4.79 Å². The summed E-state index contributed by atoms with van der Waals surface area (Å²) in [6.45, 7) is 5.29. The van der Waals surface area contributed by atoms with Crippen molar-refractivity contribution in [2.45, 2.75) is 11.4 Å². The Balaban J connectivity index is 0.000000347. The van der Waals surface area contributed by atoms with Gasteiger partial charge in [-0.25, -0.2) is 4.79 Å². The molecule has 103 valence electrons. The van der Waals surface area contributed by atoms with Crippen LogP contribution in [0.4, 0.5) is 0 Å². The molecule has 0 bridgehead atoms. The quantitative estimate of drug-likeness (QED) is 0.660. The van der Waals surface area contributed by atoms with E-state index in [1.54, 1.807) is 7.16 Å². The number of carboxylic acids is 1. The van der Waals surface area contributed by atoms with Gasteiger partial charge < -0.3 is 5.11 Å². The predicted octanol–water partition coefficient (Wildman–Crippen LogP) is 2.57. The SMILES string of the molecule is C=CC(=O)O.C[CH2][Sn]([c]1ccccc1)[c]1ccccc1. The van der Waals surface area contributed by atoms with E-state index in [0.29, 0.717) is 0 Å². The van der Waals surface area contributed by atoms with Gasteiger partial charge in [0.1, 0.15) is 0 Å². The van der Waals surface area contributed by atoms with Gasteiger partial charge in [0.15, 0.2) is 0 Å². The molecule has 0 spiro atoms. The van der Waals surface area contributed by atoms with E-state index < -0.39 is 25.7 Å². The Morgan fingerprint density at radius 2 is 1.40 bits per heavy atom. The molecule has 0 fully saturated rings. The second-order valence-corrected chi connectivity index (χ2v) is 12.2. The van der Waals surface area contributed by atoms with Gasteiger partial charge in [-0.3, -0.25) is 0 Å². The Hall–Kier alpha value is -1.55. The molecule has 2 rings (SSSR count). The molecule has 1 radical (unpaired) electrons. The Morgan fingerprint density at radius 3 is 1.65 bits per heavy atom. The normalized spacial score (nSPS) is 9.50. The standard InChI is InChI=1S/2C6H5.C3H4O2.C2H5.Sn/c2*1-2-4-6-5-3-1;1-2-3(4)5;1-2;/h2*1-5H;2H,1H2,(H,4,5);1H2,2H3;. The molecule has 2 aromatic rings. The third-order valence-corrected chi connectivity index (χ3v) is 10.7. The average Bonchev–Trinajstić information content (AvgIpc) is 2.51. The molecular formula is C17H19O2Sn. The Labute approximate surface area is 127 Å². The number of hydrogen-bond acceptors (Lipinski definition) is 1. The van der Waals surface area contributed by atoms with Crippen LogP contribution in [0.1, 0.15) is 6.92 Å². The molecule has 0 aliphatic carbocycles. The van der Waals surface area contributed by atoms with E-state index in [4.69, 9.17) is 5.11 Å². The summed E-state index contributed by atoms with van der Waals surface area (Å²) in [6.07, 6.45) is 0.833. The Kier molecular flexibility index (Phi) is 7.73. The van der Waals surface area contributed by atoms with Crippen LogP contribution in [-0.2, 0) is 4.79 Å². The summed E-state index contributed by atoms with van der Waals surface area (Å²) in [5.74, 6) is -0.981. The average molecular weight is 374 g/mol. The predicted molar refractivity (Wildman–Crippen MR) is 86.2 cm³/mol. The van der Waals surface area contributed by atoms with E-state index in [1.165, 1.54) is 4.44 Å². The molecule has 1 N–H and O–H groups in total. The fourth-order valence-corrected chi connectivity index (χ4v) is 8.53. The number of benzene rings is 2. The van der Waals surface area contributed by atoms with Crippen LogP contribution in [0.2, 0.25) is 4.44 Å². The Morgan fingerprint density at radius 1 is 1.05 bits per heavy atom. The van der Waals surface area contributed by atoms with Crippen LogP contribution < -0.4 is 7.16 Å². The van der Waals surface area contributed by atoms with Gasteiger partial charge in [-0.05, 0) is 0 Å². The zero-order valence-corrected chi connectivity index (χ0v) is 14.5. The van der Waals surface area contributed by atoms with Crippen molar-refractivity contribution < 1.29 is 9.90 Å². The molecule has 3 heteroatoms. The molecule has 20 heavy (non-hydrogen) atoms. The van der Waals surface area contributed by atoms with Gasteiger partial charge >= 0.3 is 105 Å². The summed E-state index contributed by atoms with van der Waals surface area (Å²) in [6, 6.07) is 22.0. The first-order valence-electron chi connectivity index (χ1n) is 6.51. The molecule has 0 atom stereocenters. The van der Waals surface area contributed by atoms with Crippen molar-refractivity contribution in [3.8, 4) is 0 Å². The third kappa shape index (κ3) is 5.61. The fraction of sp³-hybridized carbons (Fsp3) is 0.118. The van der Waals surface area contributed by atoms with Crippen molar-refractivity contribution in [3.63, 3.8) is 0 Å². The number of hydrogen-bond donors (Lipinski definition) is 1. The number of carbonyl (C=O) groups is 1. The molecule has 0 aromatic heterocycles. The number of rotatable bonds is 4. The van der Waals surface area contributed by atoms with E-state index in [-0.39, 0.29) is 0 Å². The molecule has 2 aromatic carbocycles. The Bertz CT molecular complexity index is 484. The van der Waals surface area contributed by atoms with Gasteiger partial charge in [0.25, 0.3) is 0 Å². The summed E-state index contributed by atoms with van der Waals surface area (Å²) >= 11 is -1.54.